The van der Waals surface area contributed by atoms with Crippen molar-refractivity contribution in [1.82, 2.24) is 4.98 Å². The van der Waals surface area contributed by atoms with E-state index in [1.165, 1.54) is 11.3 Å². The number of halogens is 1. The summed E-state index contributed by atoms with van der Waals surface area (Å²) in [5.41, 5.74) is 0. The van der Waals surface area contributed by atoms with Crippen molar-refractivity contribution in [2.75, 3.05) is 0 Å². The average molecular weight is 264 g/mol. The van der Waals surface area contributed by atoms with Gasteiger partial charge in [0.05, 0.1) is 9.98 Å². The van der Waals surface area contributed by atoms with Crippen LogP contribution in [0.2, 0.25) is 0 Å². The van der Waals surface area contributed by atoms with Gasteiger partial charge in [-0.1, -0.05) is 13.8 Å². The zero-order valence-electron chi connectivity index (χ0n) is 7.32. The van der Waals surface area contributed by atoms with Gasteiger partial charge in [0.25, 0.3) is 0 Å². The summed E-state index contributed by atoms with van der Waals surface area (Å²) >= 11 is 4.64. The number of thiazole rings is 1. The van der Waals surface area contributed by atoms with Crippen LogP contribution in [0.15, 0.2) is 9.98 Å². The molecule has 72 valence electrons. The summed E-state index contributed by atoms with van der Waals surface area (Å²) in [5.74, 6) is -1.23. The molecule has 1 unspecified atom stereocenters. The first kappa shape index (κ1) is 10.7. The fourth-order valence-corrected chi connectivity index (χ4v) is 2.60. The zero-order chi connectivity index (χ0) is 10.0. The molecule has 1 heterocycles. The van der Waals surface area contributed by atoms with Crippen LogP contribution in [0.4, 0.5) is 0 Å². The lowest BCUT2D eigenvalue weighted by atomic mass is 9.97. The molecule has 1 atom stereocenters. The second kappa shape index (κ2) is 4.19. The molecule has 1 aromatic rings. The Morgan fingerprint density at radius 1 is 1.69 bits per heavy atom. The normalized spacial score (nSPS) is 13.2. The third-order valence-corrected chi connectivity index (χ3v) is 3.25. The second-order valence-electron chi connectivity index (χ2n) is 3.06. The van der Waals surface area contributed by atoms with Crippen LogP contribution in [-0.2, 0) is 4.79 Å². The molecule has 0 saturated carbocycles. The average Bonchev–Trinajstić information content (AvgIpc) is 2.34. The van der Waals surface area contributed by atoms with Gasteiger partial charge in [-0.25, -0.2) is 4.98 Å². The maximum absolute atomic E-state index is 10.9. The van der Waals surface area contributed by atoms with Crippen LogP contribution in [0.25, 0.3) is 0 Å². The maximum Gasteiger partial charge on any atom is 0.313 e. The lowest BCUT2D eigenvalue weighted by molar-refractivity contribution is -0.139. The molecule has 1 aromatic heterocycles. The smallest absolute Gasteiger partial charge is 0.313 e. The monoisotopic (exact) mass is 263 g/mol. The molecule has 0 spiro atoms. The van der Waals surface area contributed by atoms with E-state index in [1.807, 2.05) is 13.8 Å². The molecule has 0 aliphatic rings. The maximum atomic E-state index is 10.9. The third kappa shape index (κ3) is 2.51. The second-order valence-corrected chi connectivity index (χ2v) is 5.50. The molecule has 1 rings (SSSR count). The van der Waals surface area contributed by atoms with Crippen molar-refractivity contribution in [3.8, 4) is 0 Å². The van der Waals surface area contributed by atoms with Gasteiger partial charge in [0, 0.05) is 0 Å². The summed E-state index contributed by atoms with van der Waals surface area (Å²) in [6.45, 7) is 3.77. The first-order chi connectivity index (χ1) is 6.02. The minimum Gasteiger partial charge on any atom is -0.481 e. The van der Waals surface area contributed by atoms with Gasteiger partial charge in [-0.2, -0.15) is 0 Å². The quantitative estimate of drug-likeness (QED) is 0.913. The first-order valence-electron chi connectivity index (χ1n) is 3.86. The molecule has 0 aliphatic carbocycles. The molecule has 5 heteroatoms. The molecule has 0 saturated heterocycles. The van der Waals surface area contributed by atoms with Crippen LogP contribution in [0.3, 0.4) is 0 Å². The van der Waals surface area contributed by atoms with E-state index in [2.05, 4.69) is 20.9 Å². The number of hydrogen-bond acceptors (Lipinski definition) is 3. The lowest BCUT2D eigenvalue weighted by Crippen LogP contribution is -2.17. The summed E-state index contributed by atoms with van der Waals surface area (Å²) < 4.78 is 0.870. The standard InChI is InChI=1S/C8H10BrNO2S/c1-4(2)6(8(11)12)7-10-3-5(9)13-7/h3-4,6H,1-2H3,(H,11,12). The summed E-state index contributed by atoms with van der Waals surface area (Å²) in [7, 11) is 0. The van der Waals surface area contributed by atoms with E-state index in [4.69, 9.17) is 5.11 Å². The Kier molecular flexibility index (Phi) is 3.44. The Hall–Kier alpha value is -0.420. The summed E-state index contributed by atoms with van der Waals surface area (Å²) in [6.07, 6.45) is 1.64. The Bertz CT molecular complexity index is 311. The van der Waals surface area contributed by atoms with E-state index in [1.54, 1.807) is 6.20 Å². The topological polar surface area (TPSA) is 50.2 Å². The number of nitrogens with zero attached hydrogens (tertiary/aromatic N) is 1. The van der Waals surface area contributed by atoms with Gasteiger partial charge in [0.1, 0.15) is 10.9 Å². The van der Waals surface area contributed by atoms with Crippen molar-refractivity contribution >= 4 is 33.2 Å². The highest BCUT2D eigenvalue weighted by atomic mass is 79.9. The molecule has 0 radical (unpaired) electrons. The molecule has 13 heavy (non-hydrogen) atoms. The molecule has 3 nitrogen and oxygen atoms in total. The van der Waals surface area contributed by atoms with Crippen molar-refractivity contribution in [1.29, 1.82) is 0 Å². The summed E-state index contributed by atoms with van der Waals surface area (Å²) in [6, 6.07) is 0. The van der Waals surface area contributed by atoms with E-state index in [-0.39, 0.29) is 5.92 Å². The Balaban J connectivity index is 2.95. The number of carbonyl (C=O) groups is 1. The van der Waals surface area contributed by atoms with Crippen molar-refractivity contribution in [3.63, 3.8) is 0 Å². The fraction of sp³-hybridized carbons (Fsp3) is 0.500. The molecule has 0 aliphatic heterocycles. The van der Waals surface area contributed by atoms with Crippen molar-refractivity contribution in [3.05, 3.63) is 15.0 Å². The number of carboxylic acids is 1. The van der Waals surface area contributed by atoms with Crippen LogP contribution in [-0.4, -0.2) is 16.1 Å². The van der Waals surface area contributed by atoms with Gasteiger partial charge >= 0.3 is 5.97 Å². The minimum absolute atomic E-state index is 0.0653. The Morgan fingerprint density at radius 2 is 2.31 bits per heavy atom. The van der Waals surface area contributed by atoms with Crippen molar-refractivity contribution < 1.29 is 9.90 Å². The predicted molar refractivity (Wildman–Crippen MR) is 55.0 cm³/mol. The van der Waals surface area contributed by atoms with Gasteiger partial charge < -0.3 is 5.11 Å². The molecular weight excluding hydrogens is 254 g/mol. The van der Waals surface area contributed by atoms with Gasteiger partial charge in [-0.05, 0) is 21.8 Å². The van der Waals surface area contributed by atoms with Crippen LogP contribution < -0.4 is 0 Å². The van der Waals surface area contributed by atoms with Gasteiger partial charge in [0.15, 0.2) is 0 Å². The largest absolute Gasteiger partial charge is 0.481 e. The molecule has 1 N–H and O–H groups in total. The Labute approximate surface area is 88.9 Å². The van der Waals surface area contributed by atoms with Gasteiger partial charge in [-0.3, -0.25) is 4.79 Å². The summed E-state index contributed by atoms with van der Waals surface area (Å²) in [5, 5.41) is 9.62. The van der Waals surface area contributed by atoms with Crippen LogP contribution in [0.5, 0.6) is 0 Å². The summed E-state index contributed by atoms with van der Waals surface area (Å²) in [4.78, 5) is 15.0. The van der Waals surface area contributed by atoms with Crippen molar-refractivity contribution in [2.24, 2.45) is 5.92 Å². The number of carboxylic acid groups (broad SMARTS) is 1. The third-order valence-electron chi connectivity index (χ3n) is 1.69. The molecule has 0 fully saturated rings. The number of aliphatic carboxylic acids is 1. The predicted octanol–water partition coefficient (Wildman–Crippen LogP) is 2.73. The van der Waals surface area contributed by atoms with Crippen LogP contribution in [0, 0.1) is 5.92 Å². The molecule has 0 amide bonds. The SMILES string of the molecule is CC(C)C(C(=O)O)c1ncc(Br)s1. The lowest BCUT2D eigenvalue weighted by Gasteiger charge is -2.12. The Morgan fingerprint density at radius 3 is 2.62 bits per heavy atom. The fourth-order valence-electron chi connectivity index (χ4n) is 1.09. The molecule has 0 aromatic carbocycles. The highest BCUT2D eigenvalue weighted by molar-refractivity contribution is 9.11. The first-order valence-corrected chi connectivity index (χ1v) is 5.47. The minimum atomic E-state index is -0.808. The van der Waals surface area contributed by atoms with E-state index < -0.39 is 11.9 Å². The van der Waals surface area contributed by atoms with Gasteiger partial charge in [0.2, 0.25) is 0 Å². The number of hydrogen-bond donors (Lipinski definition) is 1. The molecule has 0 bridgehead atoms. The highest BCUT2D eigenvalue weighted by Crippen LogP contribution is 2.30. The van der Waals surface area contributed by atoms with E-state index in [0.29, 0.717) is 5.01 Å². The highest BCUT2D eigenvalue weighted by Gasteiger charge is 2.26. The van der Waals surface area contributed by atoms with Crippen LogP contribution in [0.1, 0.15) is 24.8 Å². The zero-order valence-corrected chi connectivity index (χ0v) is 9.72. The van der Waals surface area contributed by atoms with E-state index >= 15 is 0 Å². The van der Waals surface area contributed by atoms with E-state index in [9.17, 15) is 4.79 Å². The van der Waals surface area contributed by atoms with E-state index in [0.717, 1.165) is 3.79 Å². The van der Waals surface area contributed by atoms with Crippen LogP contribution >= 0.6 is 27.3 Å². The number of aromatic nitrogens is 1. The van der Waals surface area contributed by atoms with Gasteiger partial charge in [-0.15, -0.1) is 11.3 Å². The molecular formula is C8H10BrNO2S. The number of rotatable bonds is 3. The van der Waals surface area contributed by atoms with Crippen molar-refractivity contribution in [2.45, 2.75) is 19.8 Å².